The molecule has 0 bridgehead atoms. The molecule has 1 heterocycles. The van der Waals surface area contributed by atoms with Crippen LogP contribution >= 0.6 is 0 Å². The molecule has 1 aliphatic carbocycles. The van der Waals surface area contributed by atoms with Gasteiger partial charge in [0, 0.05) is 42.2 Å². The predicted octanol–water partition coefficient (Wildman–Crippen LogP) is 2.89. The molecule has 0 unspecified atom stereocenters. The highest BCUT2D eigenvalue weighted by Gasteiger charge is 2.17. The molecule has 0 atom stereocenters. The van der Waals surface area contributed by atoms with Crippen LogP contribution in [-0.4, -0.2) is 24.4 Å². The van der Waals surface area contributed by atoms with Crippen LogP contribution in [0.1, 0.15) is 29.7 Å². The summed E-state index contributed by atoms with van der Waals surface area (Å²) in [7, 11) is 1.67. The van der Waals surface area contributed by atoms with Gasteiger partial charge in [0.25, 0.3) is 5.56 Å². The van der Waals surface area contributed by atoms with Crippen LogP contribution in [-0.2, 0) is 6.54 Å². The van der Waals surface area contributed by atoms with Gasteiger partial charge in [-0.15, -0.1) is 0 Å². The zero-order chi connectivity index (χ0) is 19.9. The van der Waals surface area contributed by atoms with E-state index in [1.165, 1.54) is 18.9 Å². The van der Waals surface area contributed by atoms with Crippen LogP contribution in [0.15, 0.2) is 58.0 Å². The molecular formula is C23H25N3O2. The van der Waals surface area contributed by atoms with Crippen molar-refractivity contribution in [3.63, 3.8) is 0 Å². The topological polar surface area (TPSA) is 69.6 Å². The first kappa shape index (κ1) is 19.5. The van der Waals surface area contributed by atoms with Crippen LogP contribution < -0.4 is 16.0 Å². The highest BCUT2D eigenvalue weighted by Crippen LogP contribution is 2.27. The van der Waals surface area contributed by atoms with E-state index in [-0.39, 0.29) is 12.2 Å². The third-order valence-electron chi connectivity index (χ3n) is 4.44. The second-order valence-corrected chi connectivity index (χ2v) is 6.93. The van der Waals surface area contributed by atoms with E-state index in [4.69, 9.17) is 10.5 Å². The number of benzene rings is 1. The van der Waals surface area contributed by atoms with Crippen LogP contribution in [0, 0.1) is 24.7 Å². The van der Waals surface area contributed by atoms with Crippen molar-refractivity contribution in [2.45, 2.75) is 26.3 Å². The summed E-state index contributed by atoms with van der Waals surface area (Å²) in [4.78, 5) is 16.4. The highest BCUT2D eigenvalue weighted by atomic mass is 16.5. The molecule has 5 heteroatoms. The van der Waals surface area contributed by atoms with Gasteiger partial charge in [0.1, 0.15) is 12.4 Å². The molecule has 0 aliphatic heterocycles. The molecular weight excluding hydrogens is 350 g/mol. The number of pyridine rings is 1. The van der Waals surface area contributed by atoms with Crippen molar-refractivity contribution in [2.24, 2.45) is 16.6 Å². The fourth-order valence-corrected chi connectivity index (χ4v) is 2.66. The molecule has 144 valence electrons. The smallest absolute Gasteiger partial charge is 0.254 e. The number of allylic oxidation sites excluding steroid dienone is 1. The first-order valence-electron chi connectivity index (χ1n) is 9.36. The summed E-state index contributed by atoms with van der Waals surface area (Å²) in [5, 5.41) is 0. The Morgan fingerprint density at radius 1 is 1.32 bits per heavy atom. The molecule has 5 nitrogen and oxygen atoms in total. The van der Waals surface area contributed by atoms with E-state index in [0.29, 0.717) is 23.9 Å². The number of hydrogen-bond donors (Lipinski definition) is 1. The summed E-state index contributed by atoms with van der Waals surface area (Å²) in [5.41, 5.74) is 9.16. The number of aromatic nitrogens is 1. The highest BCUT2D eigenvalue weighted by molar-refractivity contribution is 5.71. The number of hydrogen-bond acceptors (Lipinski definition) is 4. The molecule has 1 fully saturated rings. The number of ether oxygens (including phenoxy) is 1. The van der Waals surface area contributed by atoms with Crippen molar-refractivity contribution in [3.05, 3.63) is 75.3 Å². The molecule has 1 aliphatic rings. The fraction of sp³-hybridized carbons (Fsp3) is 0.304. The predicted molar refractivity (Wildman–Crippen MR) is 113 cm³/mol. The molecule has 2 aromatic rings. The van der Waals surface area contributed by atoms with Crippen molar-refractivity contribution in [2.75, 3.05) is 13.7 Å². The Bertz CT molecular complexity index is 1000. The van der Waals surface area contributed by atoms with E-state index in [1.807, 2.05) is 37.3 Å². The molecule has 0 spiro atoms. The van der Waals surface area contributed by atoms with Crippen molar-refractivity contribution in [1.29, 1.82) is 0 Å². The van der Waals surface area contributed by atoms with Gasteiger partial charge in [-0.1, -0.05) is 24.0 Å². The average Bonchev–Trinajstić information content (AvgIpc) is 3.51. The molecule has 28 heavy (non-hydrogen) atoms. The first-order valence-corrected chi connectivity index (χ1v) is 9.36. The lowest BCUT2D eigenvalue weighted by molar-refractivity contribution is 0.348. The molecule has 1 saturated carbocycles. The quantitative estimate of drug-likeness (QED) is 0.623. The second-order valence-electron chi connectivity index (χ2n) is 6.93. The third kappa shape index (κ3) is 5.62. The molecule has 1 aromatic carbocycles. The van der Waals surface area contributed by atoms with Gasteiger partial charge < -0.3 is 15.0 Å². The molecule has 1 aromatic heterocycles. The minimum atomic E-state index is -0.106. The summed E-state index contributed by atoms with van der Waals surface area (Å²) in [6.07, 6.45) is 5.73. The number of aliphatic imine (C=N–C) groups is 1. The first-order chi connectivity index (χ1) is 13.5. The van der Waals surface area contributed by atoms with Gasteiger partial charge in [0.05, 0.1) is 6.54 Å². The van der Waals surface area contributed by atoms with E-state index in [1.54, 1.807) is 23.9 Å². The maximum atomic E-state index is 12.5. The SMILES string of the molecule is CN=C/C=C(\N)COc1cc(C)n(Cc2ccc(C#CC3CC3)cc2)c(=O)c1. The van der Waals surface area contributed by atoms with Gasteiger partial charge in [0.15, 0.2) is 0 Å². The van der Waals surface area contributed by atoms with Gasteiger partial charge in [-0.25, -0.2) is 0 Å². The summed E-state index contributed by atoms with van der Waals surface area (Å²) in [6, 6.07) is 11.4. The number of rotatable bonds is 6. The molecule has 0 radical (unpaired) electrons. The Kier molecular flexibility index (Phi) is 6.33. The normalized spacial score (nSPS) is 14.0. The molecule has 0 amide bonds. The number of nitrogens with zero attached hydrogens (tertiary/aromatic N) is 2. The summed E-state index contributed by atoms with van der Waals surface area (Å²) in [5.74, 6) is 7.56. The second kappa shape index (κ2) is 9.09. The standard InChI is InChI=1S/C23H25N3O2/c1-17-13-22(28-16-21(24)11-12-25-2)14-23(27)26(17)15-20-9-7-19(8-10-20)6-5-18-3-4-18/h7-14,18H,3-4,15-16,24H2,1-2H3/b21-11-,25-12?. The van der Waals surface area contributed by atoms with Crippen LogP contribution in [0.4, 0.5) is 0 Å². The lowest BCUT2D eigenvalue weighted by atomic mass is 10.1. The summed E-state index contributed by atoms with van der Waals surface area (Å²) < 4.78 is 7.34. The lowest BCUT2D eigenvalue weighted by Crippen LogP contribution is -2.22. The molecule has 0 saturated heterocycles. The van der Waals surface area contributed by atoms with Crippen LogP contribution in [0.25, 0.3) is 0 Å². The average molecular weight is 375 g/mol. The Hall–Kier alpha value is -3.26. The van der Waals surface area contributed by atoms with E-state index < -0.39 is 0 Å². The van der Waals surface area contributed by atoms with Crippen molar-refractivity contribution < 1.29 is 4.74 Å². The van der Waals surface area contributed by atoms with Gasteiger partial charge in [-0.2, -0.15) is 0 Å². The minimum absolute atomic E-state index is 0.106. The van der Waals surface area contributed by atoms with Gasteiger partial charge >= 0.3 is 0 Å². The minimum Gasteiger partial charge on any atom is -0.487 e. The Balaban J connectivity index is 1.67. The van der Waals surface area contributed by atoms with Gasteiger partial charge in [-0.3, -0.25) is 9.79 Å². The maximum absolute atomic E-state index is 12.5. The zero-order valence-electron chi connectivity index (χ0n) is 16.3. The van der Waals surface area contributed by atoms with Crippen molar-refractivity contribution in [3.8, 4) is 17.6 Å². The van der Waals surface area contributed by atoms with Crippen LogP contribution in [0.3, 0.4) is 0 Å². The Morgan fingerprint density at radius 2 is 2.07 bits per heavy atom. The van der Waals surface area contributed by atoms with Gasteiger partial charge in [-0.05, 0) is 49.6 Å². The third-order valence-corrected chi connectivity index (χ3v) is 4.44. The monoisotopic (exact) mass is 375 g/mol. The molecule has 2 N–H and O–H groups in total. The zero-order valence-corrected chi connectivity index (χ0v) is 16.3. The summed E-state index contributed by atoms with van der Waals surface area (Å²) in [6.45, 7) is 2.61. The lowest BCUT2D eigenvalue weighted by Gasteiger charge is -2.13. The maximum Gasteiger partial charge on any atom is 0.254 e. The van der Waals surface area contributed by atoms with E-state index in [0.717, 1.165) is 16.8 Å². The van der Waals surface area contributed by atoms with E-state index in [9.17, 15) is 4.79 Å². The fourth-order valence-electron chi connectivity index (χ4n) is 2.66. The number of aryl methyl sites for hydroxylation is 1. The Labute approximate surface area is 165 Å². The largest absolute Gasteiger partial charge is 0.487 e. The van der Waals surface area contributed by atoms with Gasteiger partial charge in [0.2, 0.25) is 0 Å². The van der Waals surface area contributed by atoms with Crippen molar-refractivity contribution >= 4 is 6.21 Å². The van der Waals surface area contributed by atoms with E-state index in [2.05, 4.69) is 16.8 Å². The summed E-state index contributed by atoms with van der Waals surface area (Å²) >= 11 is 0. The Morgan fingerprint density at radius 3 is 2.71 bits per heavy atom. The van der Waals surface area contributed by atoms with Crippen LogP contribution in [0.2, 0.25) is 0 Å². The molecule has 3 rings (SSSR count). The van der Waals surface area contributed by atoms with Crippen LogP contribution in [0.5, 0.6) is 5.75 Å². The van der Waals surface area contributed by atoms with E-state index >= 15 is 0 Å². The van der Waals surface area contributed by atoms with Crippen molar-refractivity contribution in [1.82, 2.24) is 4.57 Å². The number of nitrogens with two attached hydrogens (primary N) is 1.